The number of ketones is 1. The predicted octanol–water partition coefficient (Wildman–Crippen LogP) is 4.80. The predicted molar refractivity (Wildman–Crippen MR) is 90.5 cm³/mol. The molecule has 0 radical (unpaired) electrons. The highest BCUT2D eigenvalue weighted by Gasteiger charge is 2.37. The fraction of sp³-hybridized carbons (Fsp3) is 0.250. The summed E-state index contributed by atoms with van der Waals surface area (Å²) >= 11 is 0. The molecule has 0 saturated carbocycles. The summed E-state index contributed by atoms with van der Waals surface area (Å²) in [6.45, 7) is 5.90. The third-order valence-corrected chi connectivity index (χ3v) is 4.21. The summed E-state index contributed by atoms with van der Waals surface area (Å²) in [5, 5.41) is 0. The molecule has 0 bridgehead atoms. The third-order valence-electron chi connectivity index (χ3n) is 4.21. The Labute approximate surface area is 132 Å². The van der Waals surface area contributed by atoms with Crippen LogP contribution in [-0.2, 0) is 5.41 Å². The molecule has 2 aromatic carbocycles. The number of carbonyl (C=O) groups excluding carboxylic acids is 1. The Morgan fingerprint density at radius 1 is 1.14 bits per heavy atom. The lowest BCUT2D eigenvalue weighted by atomic mass is 9.70. The van der Waals surface area contributed by atoms with Gasteiger partial charge in [0.2, 0.25) is 0 Å². The van der Waals surface area contributed by atoms with Crippen molar-refractivity contribution < 1.29 is 9.53 Å². The van der Waals surface area contributed by atoms with E-state index in [2.05, 4.69) is 13.5 Å². The zero-order valence-corrected chi connectivity index (χ0v) is 13.2. The lowest BCUT2D eigenvalue weighted by molar-refractivity contribution is 0.0879. The Bertz CT molecular complexity index is 629. The minimum atomic E-state index is -0.574. The van der Waals surface area contributed by atoms with Crippen LogP contribution in [0.5, 0.6) is 5.75 Å². The maximum Gasteiger partial charge on any atom is 0.173 e. The van der Waals surface area contributed by atoms with Gasteiger partial charge in [0.15, 0.2) is 5.78 Å². The molecule has 0 aliphatic rings. The standard InChI is InChI=1S/C20H22O2/c1-4-15-20(5-2,17-11-13-18(22-3)14-12-17)19(21)16-9-7-6-8-10-16/h4,6-14H,1,5,15H2,2-3H3/t20-/m1/s1. The molecule has 0 N–H and O–H groups in total. The lowest BCUT2D eigenvalue weighted by Crippen LogP contribution is -2.35. The van der Waals surface area contributed by atoms with Gasteiger partial charge in [0, 0.05) is 5.56 Å². The van der Waals surface area contributed by atoms with Crippen LogP contribution in [0.2, 0.25) is 0 Å². The number of hydrogen-bond donors (Lipinski definition) is 0. The second-order valence-corrected chi connectivity index (χ2v) is 5.35. The van der Waals surface area contributed by atoms with E-state index in [1.165, 1.54) is 0 Å². The maximum atomic E-state index is 13.2. The van der Waals surface area contributed by atoms with Gasteiger partial charge in [-0.3, -0.25) is 4.79 Å². The van der Waals surface area contributed by atoms with Crippen molar-refractivity contribution in [3.05, 3.63) is 78.4 Å². The van der Waals surface area contributed by atoms with E-state index in [9.17, 15) is 4.79 Å². The first kappa shape index (κ1) is 16.0. The van der Waals surface area contributed by atoms with Crippen LogP contribution in [0.3, 0.4) is 0 Å². The lowest BCUT2D eigenvalue weighted by Gasteiger charge is -2.31. The van der Waals surface area contributed by atoms with Crippen LogP contribution in [0.15, 0.2) is 67.3 Å². The van der Waals surface area contributed by atoms with Crippen molar-refractivity contribution >= 4 is 5.78 Å². The molecule has 0 aliphatic heterocycles. The van der Waals surface area contributed by atoms with Gasteiger partial charge in [0.1, 0.15) is 5.75 Å². The van der Waals surface area contributed by atoms with Crippen molar-refractivity contribution in [3.63, 3.8) is 0 Å². The number of hydrogen-bond acceptors (Lipinski definition) is 2. The molecule has 0 amide bonds. The van der Waals surface area contributed by atoms with Crippen molar-refractivity contribution in [2.24, 2.45) is 0 Å². The van der Waals surface area contributed by atoms with E-state index in [1.54, 1.807) is 7.11 Å². The first-order valence-electron chi connectivity index (χ1n) is 7.53. The third kappa shape index (κ3) is 2.96. The molecule has 0 saturated heterocycles. The van der Waals surface area contributed by atoms with Gasteiger partial charge in [-0.25, -0.2) is 0 Å². The highest BCUT2D eigenvalue weighted by molar-refractivity contribution is 6.04. The van der Waals surface area contributed by atoms with Crippen LogP contribution in [0.4, 0.5) is 0 Å². The molecule has 0 heterocycles. The molecule has 2 rings (SSSR count). The number of benzene rings is 2. The van der Waals surface area contributed by atoms with E-state index in [-0.39, 0.29) is 5.78 Å². The smallest absolute Gasteiger partial charge is 0.173 e. The van der Waals surface area contributed by atoms with E-state index < -0.39 is 5.41 Å². The van der Waals surface area contributed by atoms with Crippen molar-refractivity contribution in [3.8, 4) is 5.75 Å². The molecular formula is C20H22O2. The summed E-state index contributed by atoms with van der Waals surface area (Å²) in [5.41, 5.74) is 1.17. The molecular weight excluding hydrogens is 272 g/mol. The topological polar surface area (TPSA) is 26.3 Å². The summed E-state index contributed by atoms with van der Waals surface area (Å²) in [5.74, 6) is 0.931. The number of Topliss-reactive ketones (excluding diaryl/α,β-unsaturated/α-hetero) is 1. The fourth-order valence-electron chi connectivity index (χ4n) is 2.87. The average Bonchev–Trinajstić information content (AvgIpc) is 2.60. The molecule has 114 valence electrons. The molecule has 0 aliphatic carbocycles. The number of rotatable bonds is 7. The summed E-state index contributed by atoms with van der Waals surface area (Å²) in [7, 11) is 1.64. The van der Waals surface area contributed by atoms with Gasteiger partial charge in [0.05, 0.1) is 12.5 Å². The van der Waals surface area contributed by atoms with Crippen LogP contribution in [-0.4, -0.2) is 12.9 Å². The first-order valence-corrected chi connectivity index (χ1v) is 7.53. The summed E-state index contributed by atoms with van der Waals surface area (Å²) < 4.78 is 5.22. The van der Waals surface area contributed by atoms with Crippen LogP contribution < -0.4 is 4.74 Å². The van der Waals surface area contributed by atoms with Gasteiger partial charge in [-0.15, -0.1) is 6.58 Å². The van der Waals surface area contributed by atoms with Gasteiger partial charge in [-0.05, 0) is 30.5 Å². The summed E-state index contributed by atoms with van der Waals surface area (Å²) in [6, 6.07) is 17.2. The summed E-state index contributed by atoms with van der Waals surface area (Å²) in [6.07, 6.45) is 3.16. The van der Waals surface area contributed by atoms with Crippen molar-refractivity contribution in [1.29, 1.82) is 0 Å². The SMILES string of the molecule is C=CC[C@@](CC)(C(=O)c1ccccc1)c1ccc(OC)cc1. The van der Waals surface area contributed by atoms with Gasteiger partial charge >= 0.3 is 0 Å². The minimum absolute atomic E-state index is 0.140. The van der Waals surface area contributed by atoms with Crippen molar-refractivity contribution in [2.45, 2.75) is 25.2 Å². The molecule has 2 heteroatoms. The molecule has 0 fully saturated rings. The van der Waals surface area contributed by atoms with Gasteiger partial charge in [-0.1, -0.05) is 55.5 Å². The van der Waals surface area contributed by atoms with E-state index >= 15 is 0 Å². The zero-order chi connectivity index (χ0) is 16.0. The second kappa shape index (κ2) is 7.08. The Hall–Kier alpha value is -2.35. The first-order chi connectivity index (χ1) is 10.7. The second-order valence-electron chi connectivity index (χ2n) is 5.35. The number of ether oxygens (including phenoxy) is 1. The fourth-order valence-corrected chi connectivity index (χ4v) is 2.87. The van der Waals surface area contributed by atoms with Gasteiger partial charge < -0.3 is 4.74 Å². The zero-order valence-electron chi connectivity index (χ0n) is 13.2. The molecule has 22 heavy (non-hydrogen) atoms. The highest BCUT2D eigenvalue weighted by atomic mass is 16.5. The van der Waals surface area contributed by atoms with Crippen LogP contribution in [0, 0.1) is 0 Å². The maximum absolute atomic E-state index is 13.2. The number of allylic oxidation sites excluding steroid dienone is 1. The van der Waals surface area contributed by atoms with Crippen LogP contribution in [0.25, 0.3) is 0 Å². The quantitative estimate of drug-likeness (QED) is 0.541. The van der Waals surface area contributed by atoms with E-state index in [0.29, 0.717) is 6.42 Å². The molecule has 2 aromatic rings. The number of methoxy groups -OCH3 is 1. The molecule has 0 aromatic heterocycles. The van der Waals surface area contributed by atoms with Crippen molar-refractivity contribution in [2.75, 3.05) is 7.11 Å². The van der Waals surface area contributed by atoms with Gasteiger partial charge in [-0.2, -0.15) is 0 Å². The molecule has 0 spiro atoms. The van der Waals surface area contributed by atoms with Crippen LogP contribution >= 0.6 is 0 Å². The summed E-state index contributed by atoms with van der Waals surface area (Å²) in [4.78, 5) is 13.2. The van der Waals surface area contributed by atoms with E-state index in [4.69, 9.17) is 4.74 Å². The largest absolute Gasteiger partial charge is 0.497 e. The normalized spacial score (nSPS) is 13.2. The molecule has 2 nitrogen and oxygen atoms in total. The Morgan fingerprint density at radius 2 is 1.77 bits per heavy atom. The van der Waals surface area contributed by atoms with Crippen LogP contribution in [0.1, 0.15) is 35.7 Å². The van der Waals surface area contributed by atoms with Gasteiger partial charge in [0.25, 0.3) is 0 Å². The van der Waals surface area contributed by atoms with E-state index in [0.717, 1.165) is 23.3 Å². The Balaban J connectivity index is 2.51. The monoisotopic (exact) mass is 294 g/mol. The molecule has 1 atom stereocenters. The number of carbonyl (C=O) groups is 1. The minimum Gasteiger partial charge on any atom is -0.497 e. The average molecular weight is 294 g/mol. The van der Waals surface area contributed by atoms with Crippen molar-refractivity contribution in [1.82, 2.24) is 0 Å². The van der Waals surface area contributed by atoms with E-state index in [1.807, 2.05) is 60.7 Å². The highest BCUT2D eigenvalue weighted by Crippen LogP contribution is 2.36. The molecule has 0 unspecified atom stereocenters. The Morgan fingerprint density at radius 3 is 2.27 bits per heavy atom. The Kier molecular flexibility index (Phi) is 5.16.